The molecule has 3 rings (SSSR count). The van der Waals surface area contributed by atoms with Gasteiger partial charge in [-0.2, -0.15) is 0 Å². The summed E-state index contributed by atoms with van der Waals surface area (Å²) in [6.07, 6.45) is 4.91. The first kappa shape index (κ1) is 11.6. The minimum atomic E-state index is -0.0237. The van der Waals surface area contributed by atoms with Crippen LogP contribution < -0.4 is 0 Å². The Labute approximate surface area is 111 Å². The van der Waals surface area contributed by atoms with Gasteiger partial charge in [-0.1, -0.05) is 42.5 Å². The fourth-order valence-corrected chi connectivity index (χ4v) is 2.11. The predicted molar refractivity (Wildman–Crippen MR) is 75.9 cm³/mol. The monoisotopic (exact) mass is 246 g/mol. The Morgan fingerprint density at radius 3 is 2.63 bits per heavy atom. The fraction of sp³-hybridized carbons (Fsp3) is 0. The van der Waals surface area contributed by atoms with Gasteiger partial charge in [-0.25, -0.2) is 0 Å². The molecule has 0 saturated carbocycles. The van der Waals surface area contributed by atoms with Gasteiger partial charge < -0.3 is 0 Å². The van der Waals surface area contributed by atoms with Gasteiger partial charge in [-0.15, -0.1) is 0 Å². The van der Waals surface area contributed by atoms with Crippen molar-refractivity contribution in [3.63, 3.8) is 0 Å². The Morgan fingerprint density at radius 2 is 1.79 bits per heavy atom. The molecule has 3 aromatic rings. The number of nitrogens with zero attached hydrogens (tertiary/aromatic N) is 1. The number of carbonyl (C=O) groups excluding carboxylic acids is 1. The second-order valence-corrected chi connectivity index (χ2v) is 4.32. The van der Waals surface area contributed by atoms with Crippen molar-refractivity contribution in [3.05, 3.63) is 84.5 Å². The van der Waals surface area contributed by atoms with Crippen LogP contribution in [0.5, 0.6) is 0 Å². The summed E-state index contributed by atoms with van der Waals surface area (Å²) in [6.45, 7) is 0. The number of hydrogen-bond acceptors (Lipinski definition) is 2. The summed E-state index contributed by atoms with van der Waals surface area (Å²) in [4.78, 5) is 16.1. The van der Waals surface area contributed by atoms with Gasteiger partial charge in [0, 0.05) is 18.0 Å². The van der Waals surface area contributed by atoms with E-state index in [2.05, 4.69) is 4.98 Å². The molecule has 2 heteroatoms. The van der Waals surface area contributed by atoms with Crippen LogP contribution >= 0.6 is 0 Å². The molecule has 0 unspecified atom stereocenters. The highest BCUT2D eigenvalue weighted by molar-refractivity contribution is 6.07. The molecule has 1 aromatic heterocycles. The second kappa shape index (κ2) is 5.02. The SMILES string of the molecule is O=C([CH]c1cccc2ccccc12)c1cccnc1. The maximum absolute atomic E-state index is 12.2. The van der Waals surface area contributed by atoms with E-state index in [9.17, 15) is 4.79 Å². The molecule has 0 bridgehead atoms. The van der Waals surface area contributed by atoms with Gasteiger partial charge in [-0.05, 0) is 28.5 Å². The Morgan fingerprint density at radius 1 is 0.947 bits per heavy atom. The molecular weight excluding hydrogens is 234 g/mol. The van der Waals surface area contributed by atoms with E-state index in [4.69, 9.17) is 0 Å². The highest BCUT2D eigenvalue weighted by atomic mass is 16.1. The van der Waals surface area contributed by atoms with Crippen molar-refractivity contribution in [3.8, 4) is 0 Å². The Hall–Kier alpha value is -2.48. The first-order chi connectivity index (χ1) is 9.34. The molecule has 2 nitrogen and oxygen atoms in total. The fourth-order valence-electron chi connectivity index (χ4n) is 2.11. The van der Waals surface area contributed by atoms with Crippen LogP contribution in [0.4, 0.5) is 0 Å². The van der Waals surface area contributed by atoms with Crippen LogP contribution in [0.15, 0.2) is 67.0 Å². The smallest absolute Gasteiger partial charge is 0.172 e. The zero-order valence-electron chi connectivity index (χ0n) is 10.3. The summed E-state index contributed by atoms with van der Waals surface area (Å²) < 4.78 is 0. The summed E-state index contributed by atoms with van der Waals surface area (Å²) in [5, 5.41) is 2.22. The van der Waals surface area contributed by atoms with Crippen molar-refractivity contribution in [1.29, 1.82) is 0 Å². The molecular formula is C17H12NO. The minimum Gasteiger partial charge on any atom is -0.293 e. The molecule has 0 fully saturated rings. The number of aromatic nitrogens is 1. The van der Waals surface area contributed by atoms with E-state index in [1.54, 1.807) is 30.9 Å². The zero-order valence-corrected chi connectivity index (χ0v) is 10.3. The van der Waals surface area contributed by atoms with E-state index >= 15 is 0 Å². The van der Waals surface area contributed by atoms with Gasteiger partial charge in [0.05, 0.1) is 6.42 Å². The third kappa shape index (κ3) is 2.38. The van der Waals surface area contributed by atoms with E-state index in [1.807, 2.05) is 42.5 Å². The largest absolute Gasteiger partial charge is 0.293 e. The zero-order chi connectivity index (χ0) is 13.1. The lowest BCUT2D eigenvalue weighted by atomic mass is 9.98. The molecule has 0 spiro atoms. The standard InChI is InChI=1S/C17H12NO/c19-17(15-8-4-10-18-12-15)11-14-7-3-6-13-5-1-2-9-16(13)14/h1-12H. The first-order valence-corrected chi connectivity index (χ1v) is 6.11. The molecule has 91 valence electrons. The molecule has 2 aromatic carbocycles. The lowest BCUT2D eigenvalue weighted by molar-refractivity contribution is 0.103. The van der Waals surface area contributed by atoms with Gasteiger partial charge in [0.1, 0.15) is 0 Å². The maximum Gasteiger partial charge on any atom is 0.172 e. The number of hydrogen-bond donors (Lipinski definition) is 0. The lowest BCUT2D eigenvalue weighted by Gasteiger charge is -2.05. The molecule has 19 heavy (non-hydrogen) atoms. The number of rotatable bonds is 3. The molecule has 1 heterocycles. The first-order valence-electron chi connectivity index (χ1n) is 6.11. The summed E-state index contributed by atoms with van der Waals surface area (Å²) >= 11 is 0. The van der Waals surface area contributed by atoms with Gasteiger partial charge in [-0.3, -0.25) is 9.78 Å². The van der Waals surface area contributed by atoms with E-state index in [1.165, 1.54) is 0 Å². The Bertz CT molecular complexity index is 714. The number of fused-ring (bicyclic) bond motifs is 1. The molecule has 0 saturated heterocycles. The lowest BCUT2D eigenvalue weighted by Crippen LogP contribution is -2.01. The van der Waals surface area contributed by atoms with E-state index in [0.717, 1.165) is 16.3 Å². The summed E-state index contributed by atoms with van der Waals surface area (Å²) in [6, 6.07) is 17.5. The van der Waals surface area contributed by atoms with Crippen molar-refractivity contribution >= 4 is 16.6 Å². The topological polar surface area (TPSA) is 30.0 Å². The minimum absolute atomic E-state index is 0.0237. The van der Waals surface area contributed by atoms with Gasteiger partial charge in [0.15, 0.2) is 5.78 Å². The quantitative estimate of drug-likeness (QED) is 0.660. The summed E-state index contributed by atoms with van der Waals surface area (Å²) in [5.41, 5.74) is 1.54. The molecule has 0 N–H and O–H groups in total. The third-order valence-corrected chi connectivity index (χ3v) is 3.06. The van der Waals surface area contributed by atoms with Gasteiger partial charge in [0.25, 0.3) is 0 Å². The molecule has 1 radical (unpaired) electrons. The van der Waals surface area contributed by atoms with Crippen molar-refractivity contribution in [2.75, 3.05) is 0 Å². The highest BCUT2D eigenvalue weighted by Gasteiger charge is 2.09. The van der Waals surface area contributed by atoms with Crippen molar-refractivity contribution in [2.24, 2.45) is 0 Å². The number of Topliss-reactive ketones (excluding diaryl/α,β-unsaturated/α-hetero) is 1. The number of ketones is 1. The maximum atomic E-state index is 12.2. The van der Waals surface area contributed by atoms with Crippen molar-refractivity contribution in [2.45, 2.75) is 0 Å². The van der Waals surface area contributed by atoms with Crippen LogP contribution in [0.1, 0.15) is 15.9 Å². The predicted octanol–water partition coefficient (Wildman–Crippen LogP) is 3.67. The molecule has 0 amide bonds. The number of pyridine rings is 1. The summed E-state index contributed by atoms with van der Waals surface area (Å²) in [7, 11) is 0. The van der Waals surface area contributed by atoms with Crippen molar-refractivity contribution in [1.82, 2.24) is 4.98 Å². The van der Waals surface area contributed by atoms with Crippen molar-refractivity contribution < 1.29 is 4.79 Å². The Balaban J connectivity index is 1.96. The summed E-state index contributed by atoms with van der Waals surface area (Å²) in [5.74, 6) is -0.0237. The second-order valence-electron chi connectivity index (χ2n) is 4.32. The average molecular weight is 246 g/mol. The molecule has 0 aliphatic rings. The highest BCUT2D eigenvalue weighted by Crippen LogP contribution is 2.21. The van der Waals surface area contributed by atoms with Crippen LogP contribution in [0.25, 0.3) is 10.8 Å². The van der Waals surface area contributed by atoms with Crippen LogP contribution in [0, 0.1) is 6.42 Å². The van der Waals surface area contributed by atoms with E-state index < -0.39 is 0 Å². The normalized spacial score (nSPS) is 10.5. The number of benzene rings is 2. The molecule has 0 aliphatic carbocycles. The van der Waals surface area contributed by atoms with Crippen LogP contribution in [0.2, 0.25) is 0 Å². The van der Waals surface area contributed by atoms with E-state index in [0.29, 0.717) is 5.56 Å². The average Bonchev–Trinajstić information content (AvgIpc) is 2.48. The van der Waals surface area contributed by atoms with Gasteiger partial charge in [0.2, 0.25) is 0 Å². The molecule has 0 atom stereocenters. The Kier molecular flexibility index (Phi) is 3.07. The third-order valence-electron chi connectivity index (χ3n) is 3.06. The van der Waals surface area contributed by atoms with Crippen LogP contribution in [-0.2, 0) is 0 Å². The molecule has 0 aliphatic heterocycles. The van der Waals surface area contributed by atoms with Crippen LogP contribution in [-0.4, -0.2) is 10.8 Å². The van der Waals surface area contributed by atoms with E-state index in [-0.39, 0.29) is 5.78 Å². The van der Waals surface area contributed by atoms with Crippen LogP contribution in [0.3, 0.4) is 0 Å². The van der Waals surface area contributed by atoms with Gasteiger partial charge >= 0.3 is 0 Å². The number of carbonyl (C=O) groups is 1.